The summed E-state index contributed by atoms with van der Waals surface area (Å²) in [5.41, 5.74) is 2.19. The van der Waals surface area contributed by atoms with Gasteiger partial charge in [0.1, 0.15) is 11.6 Å². The fourth-order valence-electron chi connectivity index (χ4n) is 3.47. The fraction of sp³-hybridized carbons (Fsp3) is 0.316. The number of pyridine rings is 1. The van der Waals surface area contributed by atoms with Crippen molar-refractivity contribution < 1.29 is 9.90 Å². The molecule has 4 rings (SSSR count). The molecule has 1 aliphatic rings. The highest BCUT2D eigenvalue weighted by Crippen LogP contribution is 2.29. The number of amides is 1. The van der Waals surface area contributed by atoms with Gasteiger partial charge in [-0.1, -0.05) is 17.7 Å². The maximum atomic E-state index is 12.7. The number of aryl methyl sites for hydroxylation is 1. The van der Waals surface area contributed by atoms with E-state index in [1.165, 1.54) is 0 Å². The Morgan fingerprint density at radius 2 is 1.96 bits per heavy atom. The van der Waals surface area contributed by atoms with E-state index < -0.39 is 0 Å². The molecule has 25 heavy (non-hydrogen) atoms. The van der Waals surface area contributed by atoms with Crippen LogP contribution in [0.1, 0.15) is 40.5 Å². The molecule has 3 aromatic rings. The summed E-state index contributed by atoms with van der Waals surface area (Å²) in [6, 6.07) is 11.0. The molecule has 0 bridgehead atoms. The number of hydrogen-bond acceptors (Lipinski definition) is 4. The quantitative estimate of drug-likeness (QED) is 0.781. The predicted octanol–water partition coefficient (Wildman–Crippen LogP) is 2.76. The SMILES string of the molecule is Cc1ccc(O)c(C(=O)N2CCC(c3nnc4ccccn34)CC2)c1. The summed E-state index contributed by atoms with van der Waals surface area (Å²) in [4.78, 5) is 14.5. The number of piperidine rings is 1. The molecule has 6 nitrogen and oxygen atoms in total. The van der Waals surface area contributed by atoms with Crippen molar-refractivity contribution in [3.63, 3.8) is 0 Å². The first kappa shape index (κ1) is 15.6. The molecule has 3 heterocycles. The van der Waals surface area contributed by atoms with E-state index in [0.717, 1.165) is 29.9 Å². The van der Waals surface area contributed by atoms with E-state index in [0.29, 0.717) is 18.7 Å². The number of carbonyl (C=O) groups excluding carboxylic acids is 1. The molecule has 1 amide bonds. The minimum Gasteiger partial charge on any atom is -0.507 e. The van der Waals surface area contributed by atoms with Gasteiger partial charge >= 0.3 is 0 Å². The number of nitrogens with zero attached hydrogens (tertiary/aromatic N) is 4. The van der Waals surface area contributed by atoms with Crippen molar-refractivity contribution in [3.05, 3.63) is 59.5 Å². The number of benzene rings is 1. The van der Waals surface area contributed by atoms with Gasteiger partial charge in [-0.2, -0.15) is 0 Å². The van der Waals surface area contributed by atoms with Gasteiger partial charge < -0.3 is 10.0 Å². The topological polar surface area (TPSA) is 70.7 Å². The first-order valence-electron chi connectivity index (χ1n) is 8.52. The van der Waals surface area contributed by atoms with Crippen LogP contribution in [0.15, 0.2) is 42.6 Å². The molecule has 0 radical (unpaired) electrons. The van der Waals surface area contributed by atoms with Gasteiger partial charge in [0.15, 0.2) is 5.65 Å². The Balaban J connectivity index is 1.50. The Hall–Kier alpha value is -2.89. The first-order valence-corrected chi connectivity index (χ1v) is 8.52. The van der Waals surface area contributed by atoms with Crippen LogP contribution in [0.5, 0.6) is 5.75 Å². The zero-order chi connectivity index (χ0) is 17.4. The van der Waals surface area contributed by atoms with Gasteiger partial charge in [-0.25, -0.2) is 0 Å². The largest absolute Gasteiger partial charge is 0.507 e. The monoisotopic (exact) mass is 336 g/mol. The average molecular weight is 336 g/mol. The Bertz CT molecular complexity index is 926. The zero-order valence-corrected chi connectivity index (χ0v) is 14.1. The molecule has 0 saturated carbocycles. The lowest BCUT2D eigenvalue weighted by atomic mass is 9.95. The maximum Gasteiger partial charge on any atom is 0.257 e. The van der Waals surface area contributed by atoms with Crippen LogP contribution in [0.4, 0.5) is 0 Å². The van der Waals surface area contributed by atoms with Crippen LogP contribution in [0.3, 0.4) is 0 Å². The third kappa shape index (κ3) is 2.84. The van der Waals surface area contributed by atoms with Gasteiger partial charge in [0, 0.05) is 25.2 Å². The van der Waals surface area contributed by atoms with Gasteiger partial charge in [-0.15, -0.1) is 10.2 Å². The van der Waals surface area contributed by atoms with Crippen LogP contribution < -0.4 is 0 Å². The standard InChI is InChI=1S/C19H20N4O2/c1-13-5-6-16(24)15(12-13)19(25)22-10-7-14(8-11-22)18-21-20-17-4-2-3-9-23(17)18/h2-6,9,12,14,24H,7-8,10-11H2,1H3. The van der Waals surface area contributed by atoms with Crippen molar-refractivity contribution in [1.29, 1.82) is 0 Å². The second kappa shape index (κ2) is 6.20. The van der Waals surface area contributed by atoms with Gasteiger partial charge in [0.25, 0.3) is 5.91 Å². The van der Waals surface area contributed by atoms with Crippen LogP contribution >= 0.6 is 0 Å². The fourth-order valence-corrected chi connectivity index (χ4v) is 3.47. The predicted molar refractivity (Wildman–Crippen MR) is 93.7 cm³/mol. The number of aromatic nitrogens is 3. The molecular weight excluding hydrogens is 316 g/mol. The number of hydrogen-bond donors (Lipinski definition) is 1. The van der Waals surface area contributed by atoms with Crippen molar-refractivity contribution >= 4 is 11.6 Å². The number of phenolic OH excluding ortho intramolecular Hbond substituents is 1. The highest BCUT2D eigenvalue weighted by atomic mass is 16.3. The molecular formula is C19H20N4O2. The molecule has 1 aliphatic heterocycles. The number of rotatable bonds is 2. The summed E-state index contributed by atoms with van der Waals surface area (Å²) in [6.07, 6.45) is 3.66. The Labute approximate surface area is 145 Å². The summed E-state index contributed by atoms with van der Waals surface area (Å²) in [6.45, 7) is 3.22. The highest BCUT2D eigenvalue weighted by Gasteiger charge is 2.28. The smallest absolute Gasteiger partial charge is 0.257 e. The van der Waals surface area contributed by atoms with Crippen molar-refractivity contribution in [2.75, 3.05) is 13.1 Å². The van der Waals surface area contributed by atoms with Gasteiger partial charge in [-0.3, -0.25) is 9.20 Å². The van der Waals surface area contributed by atoms with Gasteiger partial charge in [0.05, 0.1) is 5.56 Å². The lowest BCUT2D eigenvalue weighted by molar-refractivity contribution is 0.0707. The van der Waals surface area contributed by atoms with E-state index in [9.17, 15) is 9.90 Å². The highest BCUT2D eigenvalue weighted by molar-refractivity contribution is 5.97. The van der Waals surface area contributed by atoms with Crippen molar-refractivity contribution in [2.45, 2.75) is 25.7 Å². The number of fused-ring (bicyclic) bond motifs is 1. The minimum atomic E-state index is -0.106. The third-order valence-electron chi connectivity index (χ3n) is 4.87. The number of carbonyl (C=O) groups is 1. The van der Waals surface area contributed by atoms with Crippen LogP contribution in [0.25, 0.3) is 5.65 Å². The summed E-state index contributed by atoms with van der Waals surface area (Å²) in [5.74, 6) is 1.18. The summed E-state index contributed by atoms with van der Waals surface area (Å²) >= 11 is 0. The minimum absolute atomic E-state index is 0.0428. The van der Waals surface area contributed by atoms with Crippen LogP contribution in [0, 0.1) is 6.92 Å². The zero-order valence-electron chi connectivity index (χ0n) is 14.1. The molecule has 0 atom stereocenters. The van der Waals surface area contributed by atoms with E-state index in [4.69, 9.17) is 0 Å². The van der Waals surface area contributed by atoms with E-state index >= 15 is 0 Å². The van der Waals surface area contributed by atoms with Crippen molar-refractivity contribution in [2.24, 2.45) is 0 Å². The normalized spacial score (nSPS) is 15.6. The van der Waals surface area contributed by atoms with Crippen LogP contribution in [-0.2, 0) is 0 Å². The summed E-state index contributed by atoms with van der Waals surface area (Å²) in [5, 5.41) is 18.5. The van der Waals surface area contributed by atoms with E-state index in [-0.39, 0.29) is 17.6 Å². The molecule has 128 valence electrons. The van der Waals surface area contributed by atoms with Crippen LogP contribution in [-0.4, -0.2) is 43.6 Å². The summed E-state index contributed by atoms with van der Waals surface area (Å²) in [7, 11) is 0. The van der Waals surface area contributed by atoms with E-state index in [1.54, 1.807) is 18.2 Å². The maximum absolute atomic E-state index is 12.7. The van der Waals surface area contributed by atoms with Crippen molar-refractivity contribution in [1.82, 2.24) is 19.5 Å². The average Bonchev–Trinajstić information content (AvgIpc) is 3.07. The van der Waals surface area contributed by atoms with E-state index in [2.05, 4.69) is 10.2 Å². The second-order valence-electron chi connectivity index (χ2n) is 6.57. The van der Waals surface area contributed by atoms with E-state index in [1.807, 2.05) is 40.6 Å². The van der Waals surface area contributed by atoms with Gasteiger partial charge in [0.2, 0.25) is 0 Å². The van der Waals surface area contributed by atoms with Crippen molar-refractivity contribution in [3.8, 4) is 5.75 Å². The molecule has 1 aromatic carbocycles. The summed E-state index contributed by atoms with van der Waals surface area (Å²) < 4.78 is 2.02. The second-order valence-corrected chi connectivity index (χ2v) is 6.57. The molecule has 1 N–H and O–H groups in total. The number of likely N-dealkylation sites (tertiary alicyclic amines) is 1. The lowest BCUT2D eigenvalue weighted by Gasteiger charge is -2.31. The molecule has 6 heteroatoms. The molecule has 0 aliphatic carbocycles. The lowest BCUT2D eigenvalue weighted by Crippen LogP contribution is -2.38. The number of aromatic hydroxyl groups is 1. The molecule has 2 aromatic heterocycles. The third-order valence-corrected chi connectivity index (χ3v) is 4.87. The Kier molecular flexibility index (Phi) is 3.87. The molecule has 0 spiro atoms. The Morgan fingerprint density at radius 3 is 2.76 bits per heavy atom. The van der Waals surface area contributed by atoms with Gasteiger partial charge in [-0.05, 0) is 44.0 Å². The molecule has 0 unspecified atom stereocenters. The van der Waals surface area contributed by atoms with Crippen LogP contribution in [0.2, 0.25) is 0 Å². The number of phenols is 1. The molecule has 1 saturated heterocycles. The first-order chi connectivity index (χ1) is 12.1. The molecule has 1 fully saturated rings. The Morgan fingerprint density at radius 1 is 1.16 bits per heavy atom.